The smallest absolute Gasteiger partial charge is 0.0256 e. The van der Waals surface area contributed by atoms with Crippen molar-refractivity contribution in [3.8, 4) is 0 Å². The molecule has 0 amide bonds. The summed E-state index contributed by atoms with van der Waals surface area (Å²) in [5.41, 5.74) is 1.23. The molecule has 0 bridgehead atoms. The summed E-state index contributed by atoms with van der Waals surface area (Å²) in [5, 5.41) is 0. The van der Waals surface area contributed by atoms with E-state index < -0.39 is 0 Å². The van der Waals surface area contributed by atoms with Crippen molar-refractivity contribution in [2.24, 2.45) is 0 Å². The van der Waals surface area contributed by atoms with Crippen LogP contribution in [0, 0.1) is 6.07 Å². The molecule has 0 aromatic heterocycles. The van der Waals surface area contributed by atoms with Crippen molar-refractivity contribution >= 4 is 25.3 Å². The number of hydrogen-bond acceptors (Lipinski definition) is 2. The van der Waals surface area contributed by atoms with E-state index in [-0.39, 0.29) is 0 Å². The van der Waals surface area contributed by atoms with Crippen LogP contribution in [0.25, 0.3) is 0 Å². The summed E-state index contributed by atoms with van der Waals surface area (Å²) in [5.74, 6) is 0. The van der Waals surface area contributed by atoms with Gasteiger partial charge in [-0.2, -0.15) is 0 Å². The first kappa shape index (κ1) is 8.02. The minimum absolute atomic E-state index is 0.836. The average molecular weight is 169 g/mol. The highest BCUT2D eigenvalue weighted by Crippen LogP contribution is 2.21. The SMILES string of the molecule is CCc1cc[c]c(S)c1S. The highest BCUT2D eigenvalue weighted by atomic mass is 32.1. The molecule has 1 radical (unpaired) electrons. The highest BCUT2D eigenvalue weighted by Gasteiger charge is 1.98. The molecule has 0 fully saturated rings. The molecular weight excluding hydrogens is 160 g/mol. The number of thiol groups is 2. The van der Waals surface area contributed by atoms with Crippen LogP contribution >= 0.6 is 25.3 Å². The highest BCUT2D eigenvalue weighted by molar-refractivity contribution is 7.83. The lowest BCUT2D eigenvalue weighted by Crippen LogP contribution is -1.83. The molecule has 1 aromatic carbocycles. The summed E-state index contributed by atoms with van der Waals surface area (Å²) >= 11 is 8.47. The summed E-state index contributed by atoms with van der Waals surface area (Å²) in [6.45, 7) is 2.10. The van der Waals surface area contributed by atoms with Crippen LogP contribution in [0.4, 0.5) is 0 Å². The lowest BCUT2D eigenvalue weighted by molar-refractivity contribution is 1.04. The van der Waals surface area contributed by atoms with Crippen LogP contribution in [0.3, 0.4) is 0 Å². The second-order valence-electron chi connectivity index (χ2n) is 2.05. The first-order valence-corrected chi connectivity index (χ1v) is 4.06. The predicted octanol–water partition coefficient (Wildman–Crippen LogP) is 2.63. The molecule has 0 aliphatic rings. The van der Waals surface area contributed by atoms with E-state index in [1.165, 1.54) is 5.56 Å². The Balaban J connectivity index is 3.14. The van der Waals surface area contributed by atoms with Crippen LogP contribution in [0.15, 0.2) is 21.9 Å². The fourth-order valence-electron chi connectivity index (χ4n) is 0.806. The van der Waals surface area contributed by atoms with E-state index in [0.29, 0.717) is 0 Å². The van der Waals surface area contributed by atoms with Gasteiger partial charge in [-0.3, -0.25) is 0 Å². The van der Waals surface area contributed by atoms with Gasteiger partial charge in [0, 0.05) is 9.79 Å². The lowest BCUT2D eigenvalue weighted by Gasteiger charge is -2.02. The Morgan fingerprint density at radius 3 is 2.70 bits per heavy atom. The third kappa shape index (κ3) is 1.50. The van der Waals surface area contributed by atoms with Gasteiger partial charge in [0.15, 0.2) is 0 Å². The molecule has 0 spiro atoms. The molecule has 0 aliphatic heterocycles. The molecular formula is C8H9S2. The second kappa shape index (κ2) is 3.35. The maximum atomic E-state index is 4.28. The van der Waals surface area contributed by atoms with Gasteiger partial charge >= 0.3 is 0 Å². The zero-order chi connectivity index (χ0) is 7.56. The van der Waals surface area contributed by atoms with Crippen LogP contribution < -0.4 is 0 Å². The van der Waals surface area contributed by atoms with Gasteiger partial charge in [-0.05, 0) is 18.1 Å². The summed E-state index contributed by atoms with van der Waals surface area (Å²) < 4.78 is 0. The third-order valence-electron chi connectivity index (χ3n) is 1.41. The van der Waals surface area contributed by atoms with Crippen molar-refractivity contribution < 1.29 is 0 Å². The molecule has 0 heterocycles. The first-order chi connectivity index (χ1) is 4.75. The van der Waals surface area contributed by atoms with Gasteiger partial charge in [-0.1, -0.05) is 19.1 Å². The Morgan fingerprint density at radius 2 is 2.20 bits per heavy atom. The number of benzene rings is 1. The molecule has 2 heteroatoms. The standard InChI is InChI=1S/C8H9S2/c1-2-6-4-3-5-7(9)8(6)10/h3-4,9-10H,2H2,1H3. The summed E-state index contributed by atoms with van der Waals surface area (Å²) in [4.78, 5) is 1.79. The first-order valence-electron chi connectivity index (χ1n) is 3.17. The van der Waals surface area contributed by atoms with Crippen LogP contribution in [0.5, 0.6) is 0 Å². The Morgan fingerprint density at radius 1 is 1.50 bits per heavy atom. The van der Waals surface area contributed by atoms with Crippen molar-refractivity contribution in [1.82, 2.24) is 0 Å². The average Bonchev–Trinajstić information content (AvgIpc) is 1.95. The summed E-state index contributed by atoms with van der Waals surface area (Å²) in [6, 6.07) is 6.85. The molecule has 0 saturated carbocycles. The molecule has 0 aliphatic carbocycles. The van der Waals surface area contributed by atoms with Crippen LogP contribution in [-0.2, 0) is 6.42 Å². The van der Waals surface area contributed by atoms with E-state index in [0.717, 1.165) is 16.2 Å². The largest absolute Gasteiger partial charge is 0.142 e. The minimum atomic E-state index is 0.836. The molecule has 0 saturated heterocycles. The van der Waals surface area contributed by atoms with Gasteiger partial charge in [0.25, 0.3) is 0 Å². The molecule has 1 rings (SSSR count). The summed E-state index contributed by atoms with van der Waals surface area (Å²) in [6.07, 6.45) is 1.00. The van der Waals surface area contributed by atoms with Crippen LogP contribution in [0.1, 0.15) is 12.5 Å². The monoisotopic (exact) mass is 169 g/mol. The van der Waals surface area contributed by atoms with Crippen molar-refractivity contribution in [3.05, 3.63) is 23.8 Å². The van der Waals surface area contributed by atoms with Crippen LogP contribution in [0.2, 0.25) is 0 Å². The molecule has 0 N–H and O–H groups in total. The maximum absolute atomic E-state index is 4.28. The van der Waals surface area contributed by atoms with Gasteiger partial charge in [0.05, 0.1) is 0 Å². The van der Waals surface area contributed by atoms with Crippen molar-refractivity contribution in [1.29, 1.82) is 0 Å². The van der Waals surface area contributed by atoms with Crippen molar-refractivity contribution in [3.63, 3.8) is 0 Å². The second-order valence-corrected chi connectivity index (χ2v) is 2.95. The molecule has 0 atom stereocenters. The Hall–Kier alpha value is -0.0800. The van der Waals surface area contributed by atoms with E-state index in [1.54, 1.807) is 0 Å². The summed E-state index contributed by atoms with van der Waals surface area (Å²) in [7, 11) is 0. The quantitative estimate of drug-likeness (QED) is 0.593. The lowest BCUT2D eigenvalue weighted by atomic mass is 10.2. The van der Waals surface area contributed by atoms with Gasteiger partial charge < -0.3 is 0 Å². The van der Waals surface area contributed by atoms with Crippen LogP contribution in [-0.4, -0.2) is 0 Å². The normalized spacial score (nSPS) is 9.90. The topological polar surface area (TPSA) is 0 Å². The molecule has 0 unspecified atom stereocenters. The number of hydrogen-bond donors (Lipinski definition) is 2. The van der Waals surface area contributed by atoms with Crippen molar-refractivity contribution in [2.45, 2.75) is 23.1 Å². The van der Waals surface area contributed by atoms with Gasteiger partial charge in [0.2, 0.25) is 0 Å². The van der Waals surface area contributed by atoms with Gasteiger partial charge in [0.1, 0.15) is 0 Å². The Kier molecular flexibility index (Phi) is 2.69. The molecule has 53 valence electrons. The fraction of sp³-hybridized carbons (Fsp3) is 0.250. The maximum Gasteiger partial charge on any atom is 0.0256 e. The predicted molar refractivity (Wildman–Crippen MR) is 49.2 cm³/mol. The van der Waals surface area contributed by atoms with Gasteiger partial charge in [-0.15, -0.1) is 25.3 Å². The Labute approximate surface area is 72.5 Å². The van der Waals surface area contributed by atoms with Gasteiger partial charge in [-0.25, -0.2) is 0 Å². The molecule has 1 aromatic rings. The van der Waals surface area contributed by atoms with E-state index in [9.17, 15) is 0 Å². The third-order valence-corrected chi connectivity index (χ3v) is 2.45. The molecule has 0 nitrogen and oxygen atoms in total. The number of aryl methyl sites for hydroxylation is 1. The van der Waals surface area contributed by atoms with E-state index in [2.05, 4.69) is 38.2 Å². The fourth-order valence-corrected chi connectivity index (χ4v) is 1.32. The molecule has 10 heavy (non-hydrogen) atoms. The zero-order valence-electron chi connectivity index (χ0n) is 5.76. The Bertz CT molecular complexity index is 231. The minimum Gasteiger partial charge on any atom is -0.142 e. The zero-order valence-corrected chi connectivity index (χ0v) is 7.55. The van der Waals surface area contributed by atoms with Crippen molar-refractivity contribution in [2.75, 3.05) is 0 Å². The van der Waals surface area contributed by atoms with E-state index >= 15 is 0 Å². The van der Waals surface area contributed by atoms with E-state index in [1.807, 2.05) is 12.1 Å². The van der Waals surface area contributed by atoms with E-state index in [4.69, 9.17) is 0 Å². The number of rotatable bonds is 1.